The summed E-state index contributed by atoms with van der Waals surface area (Å²) in [6.45, 7) is 2.34. The second-order valence-corrected chi connectivity index (χ2v) is 6.09. The molecule has 0 spiro atoms. The van der Waals surface area contributed by atoms with Crippen LogP contribution in [0, 0.1) is 23.7 Å². The molecule has 0 saturated carbocycles. The SMILES string of the molecule is CC/C=C\C[C@H](O)C#C/C=C\C#C[C@@H](O)CCOc1ccc(CC(=O)OC)cc1. The number of esters is 1. The van der Waals surface area contributed by atoms with E-state index < -0.39 is 12.2 Å². The van der Waals surface area contributed by atoms with Gasteiger partial charge in [-0.05, 0) is 36.3 Å². The van der Waals surface area contributed by atoms with Gasteiger partial charge in [-0.1, -0.05) is 54.9 Å². The molecule has 1 aromatic carbocycles. The number of aliphatic hydroxyl groups excluding tert-OH is 2. The van der Waals surface area contributed by atoms with Gasteiger partial charge in [-0.15, -0.1) is 0 Å². The predicted molar refractivity (Wildman–Crippen MR) is 113 cm³/mol. The van der Waals surface area contributed by atoms with E-state index in [1.54, 1.807) is 30.3 Å². The van der Waals surface area contributed by atoms with Crippen molar-refractivity contribution in [2.24, 2.45) is 0 Å². The summed E-state index contributed by atoms with van der Waals surface area (Å²) in [5, 5.41) is 19.4. The number of ether oxygens (including phenoxy) is 2. The number of allylic oxidation sites excluding steroid dienone is 3. The summed E-state index contributed by atoms with van der Waals surface area (Å²) in [5.74, 6) is 11.2. The van der Waals surface area contributed by atoms with E-state index in [0.717, 1.165) is 12.0 Å². The molecule has 154 valence electrons. The first-order valence-electron chi connectivity index (χ1n) is 9.52. The van der Waals surface area contributed by atoms with Crippen molar-refractivity contribution in [3.8, 4) is 29.4 Å². The minimum absolute atomic E-state index is 0.220. The Morgan fingerprint density at radius 1 is 1.07 bits per heavy atom. The minimum atomic E-state index is -0.809. The Balaban J connectivity index is 2.30. The first kappa shape index (κ1) is 24.0. The van der Waals surface area contributed by atoms with Gasteiger partial charge >= 0.3 is 5.97 Å². The van der Waals surface area contributed by atoms with Gasteiger partial charge in [0.2, 0.25) is 0 Å². The first-order chi connectivity index (χ1) is 14.0. The fourth-order valence-electron chi connectivity index (χ4n) is 2.13. The van der Waals surface area contributed by atoms with Gasteiger partial charge in [-0.25, -0.2) is 0 Å². The lowest BCUT2D eigenvalue weighted by molar-refractivity contribution is -0.139. The molecular formula is C24H28O5. The summed E-state index contributed by atoms with van der Waals surface area (Å²) in [6.07, 6.45) is 7.49. The highest BCUT2D eigenvalue weighted by Crippen LogP contribution is 2.13. The molecule has 29 heavy (non-hydrogen) atoms. The zero-order valence-electron chi connectivity index (χ0n) is 16.9. The zero-order valence-corrected chi connectivity index (χ0v) is 16.9. The van der Waals surface area contributed by atoms with Gasteiger partial charge < -0.3 is 19.7 Å². The Hall–Kier alpha value is -2.99. The lowest BCUT2D eigenvalue weighted by Gasteiger charge is -2.08. The highest BCUT2D eigenvalue weighted by Gasteiger charge is 2.04. The van der Waals surface area contributed by atoms with Crippen molar-refractivity contribution in [3.63, 3.8) is 0 Å². The second-order valence-electron chi connectivity index (χ2n) is 6.09. The van der Waals surface area contributed by atoms with Crippen LogP contribution < -0.4 is 4.74 Å². The monoisotopic (exact) mass is 396 g/mol. The van der Waals surface area contributed by atoms with E-state index in [-0.39, 0.29) is 12.4 Å². The minimum Gasteiger partial charge on any atom is -0.493 e. The molecule has 0 saturated heterocycles. The molecule has 0 aliphatic carbocycles. The maximum atomic E-state index is 11.2. The lowest BCUT2D eigenvalue weighted by atomic mass is 10.1. The largest absolute Gasteiger partial charge is 0.493 e. The number of carbonyl (C=O) groups is 1. The molecule has 2 N–H and O–H groups in total. The quantitative estimate of drug-likeness (QED) is 0.381. The molecule has 0 unspecified atom stereocenters. The summed E-state index contributed by atoms with van der Waals surface area (Å²) >= 11 is 0. The van der Waals surface area contributed by atoms with Gasteiger partial charge in [-0.3, -0.25) is 4.79 Å². The predicted octanol–water partition coefficient (Wildman–Crippen LogP) is 2.81. The molecule has 0 bridgehead atoms. The van der Waals surface area contributed by atoms with Crippen LogP contribution >= 0.6 is 0 Å². The summed E-state index contributed by atoms with van der Waals surface area (Å²) in [7, 11) is 1.36. The van der Waals surface area contributed by atoms with Crippen molar-refractivity contribution < 1.29 is 24.5 Å². The number of hydrogen-bond acceptors (Lipinski definition) is 5. The van der Waals surface area contributed by atoms with Gasteiger partial charge in [0.05, 0.1) is 20.1 Å². The van der Waals surface area contributed by atoms with Crippen molar-refractivity contribution >= 4 is 5.97 Å². The van der Waals surface area contributed by atoms with Gasteiger partial charge in [0.1, 0.15) is 18.0 Å². The van der Waals surface area contributed by atoms with Crippen molar-refractivity contribution in [2.75, 3.05) is 13.7 Å². The van der Waals surface area contributed by atoms with E-state index in [4.69, 9.17) is 4.74 Å². The third kappa shape index (κ3) is 12.2. The second kappa shape index (κ2) is 15.0. The van der Waals surface area contributed by atoms with E-state index in [9.17, 15) is 15.0 Å². The van der Waals surface area contributed by atoms with E-state index >= 15 is 0 Å². The summed E-state index contributed by atoms with van der Waals surface area (Å²) in [6, 6.07) is 7.13. The summed E-state index contributed by atoms with van der Waals surface area (Å²) in [5.41, 5.74) is 0.843. The molecule has 0 radical (unpaired) electrons. The average molecular weight is 396 g/mol. The number of methoxy groups -OCH3 is 1. The zero-order chi connectivity index (χ0) is 21.3. The van der Waals surface area contributed by atoms with Crippen molar-refractivity contribution in [3.05, 3.63) is 54.1 Å². The Kier molecular flexibility index (Phi) is 12.4. The molecule has 0 aromatic heterocycles. The molecular weight excluding hydrogens is 368 g/mol. The van der Waals surface area contributed by atoms with Crippen LogP contribution in [-0.2, 0) is 16.0 Å². The molecule has 0 fully saturated rings. The first-order valence-corrected chi connectivity index (χ1v) is 9.52. The molecule has 0 amide bonds. The standard InChI is InChI=1S/C24H28O5/c1-3-4-7-10-21(25)11-8-5-6-9-12-22(26)17-18-29-23-15-13-20(14-16-23)19-24(27)28-2/h4-7,13-16,21-22,25-26H,3,10,17-19H2,1-2H3/b6-5-,7-4-/t21-,22+/m0/s1. The van der Waals surface area contributed by atoms with Crippen LogP contribution in [0.4, 0.5) is 0 Å². The molecule has 0 aliphatic rings. The number of hydrogen-bond donors (Lipinski definition) is 2. The third-order valence-electron chi connectivity index (χ3n) is 3.67. The van der Waals surface area contributed by atoms with Crippen LogP contribution in [0.5, 0.6) is 5.75 Å². The maximum Gasteiger partial charge on any atom is 0.309 e. The normalized spacial score (nSPS) is 12.6. The molecule has 0 heterocycles. The highest BCUT2D eigenvalue weighted by molar-refractivity contribution is 5.72. The van der Waals surface area contributed by atoms with E-state index in [2.05, 4.69) is 28.4 Å². The van der Waals surface area contributed by atoms with Gasteiger partial charge in [0.15, 0.2) is 0 Å². The summed E-state index contributed by atoms with van der Waals surface area (Å²) < 4.78 is 10.2. The van der Waals surface area contributed by atoms with E-state index in [0.29, 0.717) is 25.2 Å². The highest BCUT2D eigenvalue weighted by atomic mass is 16.5. The summed E-state index contributed by atoms with van der Waals surface area (Å²) in [4.78, 5) is 11.2. The van der Waals surface area contributed by atoms with Gasteiger partial charge in [0, 0.05) is 12.8 Å². The number of carbonyl (C=O) groups excluding carboxylic acids is 1. The average Bonchev–Trinajstić information content (AvgIpc) is 2.72. The molecule has 2 atom stereocenters. The van der Waals surface area contributed by atoms with Crippen LogP contribution in [0.2, 0.25) is 0 Å². The fraction of sp³-hybridized carbons (Fsp3) is 0.375. The lowest BCUT2D eigenvalue weighted by Crippen LogP contribution is -2.09. The Labute approximate surface area is 173 Å². The molecule has 1 rings (SSSR count). The van der Waals surface area contributed by atoms with Crippen LogP contribution in [0.15, 0.2) is 48.6 Å². The molecule has 1 aromatic rings. The van der Waals surface area contributed by atoms with Crippen LogP contribution in [0.25, 0.3) is 0 Å². The van der Waals surface area contributed by atoms with Gasteiger partial charge in [0.25, 0.3) is 0 Å². The topological polar surface area (TPSA) is 76.0 Å². The Bertz CT molecular complexity index is 785. The fourth-order valence-corrected chi connectivity index (χ4v) is 2.13. The molecule has 0 aliphatic heterocycles. The number of benzene rings is 1. The van der Waals surface area contributed by atoms with Crippen LogP contribution in [-0.4, -0.2) is 42.1 Å². The van der Waals surface area contributed by atoms with Crippen molar-refractivity contribution in [1.82, 2.24) is 0 Å². The van der Waals surface area contributed by atoms with Crippen LogP contribution in [0.3, 0.4) is 0 Å². The number of aliphatic hydroxyl groups is 2. The van der Waals surface area contributed by atoms with E-state index in [1.807, 2.05) is 19.1 Å². The van der Waals surface area contributed by atoms with Crippen LogP contribution in [0.1, 0.15) is 31.7 Å². The number of rotatable bonds is 9. The maximum absolute atomic E-state index is 11.2. The smallest absolute Gasteiger partial charge is 0.309 e. The molecule has 5 nitrogen and oxygen atoms in total. The Morgan fingerprint density at radius 3 is 2.34 bits per heavy atom. The van der Waals surface area contributed by atoms with Crippen molar-refractivity contribution in [1.29, 1.82) is 0 Å². The van der Waals surface area contributed by atoms with E-state index in [1.165, 1.54) is 13.2 Å². The van der Waals surface area contributed by atoms with Gasteiger partial charge in [-0.2, -0.15) is 0 Å². The Morgan fingerprint density at radius 2 is 1.72 bits per heavy atom. The van der Waals surface area contributed by atoms with Crippen molar-refractivity contribution in [2.45, 2.75) is 44.8 Å². The third-order valence-corrected chi connectivity index (χ3v) is 3.67. The molecule has 5 heteroatoms.